The molecule has 0 aliphatic heterocycles. The van der Waals surface area contributed by atoms with Crippen molar-refractivity contribution in [1.29, 1.82) is 0 Å². The third-order valence-corrected chi connectivity index (χ3v) is 2.83. The molecule has 0 fully saturated rings. The summed E-state index contributed by atoms with van der Waals surface area (Å²) < 4.78 is 0. The Morgan fingerprint density at radius 1 is 1.47 bits per heavy atom. The highest BCUT2D eigenvalue weighted by atomic mass is 35.5. The van der Waals surface area contributed by atoms with Gasteiger partial charge >= 0.3 is 0 Å². The molecule has 0 bridgehead atoms. The Hall–Kier alpha value is -0.570. The lowest BCUT2D eigenvalue weighted by Gasteiger charge is -2.16. The second-order valence-electron chi connectivity index (χ2n) is 3.70. The van der Waals surface area contributed by atoms with E-state index in [9.17, 15) is 5.11 Å². The third-order valence-electron chi connectivity index (χ3n) is 2.42. The Kier molecular flexibility index (Phi) is 5.09. The molecular weight excluding hydrogens is 210 g/mol. The van der Waals surface area contributed by atoms with E-state index in [-0.39, 0.29) is 12.6 Å². The molecule has 2 N–H and O–H groups in total. The van der Waals surface area contributed by atoms with Crippen molar-refractivity contribution in [3.63, 3.8) is 0 Å². The van der Waals surface area contributed by atoms with E-state index in [2.05, 4.69) is 12.2 Å². The van der Waals surface area contributed by atoms with Crippen molar-refractivity contribution in [3.8, 4) is 0 Å². The number of hydrogen-bond acceptors (Lipinski definition) is 2. The van der Waals surface area contributed by atoms with Crippen molar-refractivity contribution in [2.75, 3.05) is 13.2 Å². The first kappa shape index (κ1) is 12.5. The molecule has 1 aromatic rings. The molecule has 0 spiro atoms. The Morgan fingerprint density at radius 2 is 2.20 bits per heavy atom. The largest absolute Gasteiger partial charge is 0.394 e. The summed E-state index contributed by atoms with van der Waals surface area (Å²) in [4.78, 5) is 0. The van der Waals surface area contributed by atoms with E-state index < -0.39 is 0 Å². The zero-order valence-electron chi connectivity index (χ0n) is 9.26. The van der Waals surface area contributed by atoms with E-state index >= 15 is 0 Å². The molecule has 0 saturated carbocycles. The first-order chi connectivity index (χ1) is 7.19. The minimum absolute atomic E-state index is 0.0111. The number of rotatable bonds is 5. The zero-order valence-corrected chi connectivity index (χ0v) is 10.0. The summed E-state index contributed by atoms with van der Waals surface area (Å²) in [6.07, 6.45) is 1.05. The Labute approximate surface area is 96.3 Å². The van der Waals surface area contributed by atoms with Gasteiger partial charge < -0.3 is 10.4 Å². The van der Waals surface area contributed by atoms with Crippen molar-refractivity contribution < 1.29 is 5.11 Å². The van der Waals surface area contributed by atoms with Gasteiger partial charge in [-0.15, -0.1) is 0 Å². The Morgan fingerprint density at radius 3 is 2.73 bits per heavy atom. The van der Waals surface area contributed by atoms with E-state index in [0.717, 1.165) is 29.1 Å². The summed E-state index contributed by atoms with van der Waals surface area (Å²) in [5, 5.41) is 13.3. The molecule has 0 heterocycles. The maximum absolute atomic E-state index is 9.26. The highest BCUT2D eigenvalue weighted by Crippen LogP contribution is 2.21. The highest BCUT2D eigenvalue weighted by Gasteiger charge is 2.09. The van der Waals surface area contributed by atoms with Crippen LogP contribution in [0.3, 0.4) is 0 Å². The smallest absolute Gasteiger partial charge is 0.0626 e. The fourth-order valence-corrected chi connectivity index (χ4v) is 1.62. The molecule has 0 radical (unpaired) electrons. The fourth-order valence-electron chi connectivity index (χ4n) is 1.43. The second-order valence-corrected chi connectivity index (χ2v) is 4.11. The van der Waals surface area contributed by atoms with Crippen LogP contribution in [0.25, 0.3) is 0 Å². The van der Waals surface area contributed by atoms with Gasteiger partial charge in [-0.25, -0.2) is 0 Å². The topological polar surface area (TPSA) is 32.3 Å². The number of aliphatic hydroxyl groups excluding tert-OH is 1. The van der Waals surface area contributed by atoms with Crippen LogP contribution < -0.4 is 5.32 Å². The average Bonchev–Trinajstić information content (AvgIpc) is 2.24. The molecule has 1 atom stereocenters. The fraction of sp³-hybridized carbons (Fsp3) is 0.500. The Bertz CT molecular complexity index is 314. The van der Waals surface area contributed by atoms with Crippen LogP contribution in [0, 0.1) is 6.92 Å². The first-order valence-corrected chi connectivity index (χ1v) is 5.67. The lowest BCUT2D eigenvalue weighted by Crippen LogP contribution is -2.25. The lowest BCUT2D eigenvalue weighted by molar-refractivity contribution is 0.245. The van der Waals surface area contributed by atoms with E-state index in [1.165, 1.54) is 0 Å². The number of halogens is 1. The van der Waals surface area contributed by atoms with Crippen LogP contribution in [0.2, 0.25) is 5.02 Å². The van der Waals surface area contributed by atoms with E-state index in [0.29, 0.717) is 0 Å². The maximum Gasteiger partial charge on any atom is 0.0626 e. The normalized spacial score (nSPS) is 12.8. The van der Waals surface area contributed by atoms with Crippen LogP contribution in [0.4, 0.5) is 0 Å². The van der Waals surface area contributed by atoms with Crippen LogP contribution in [-0.4, -0.2) is 18.3 Å². The summed E-state index contributed by atoms with van der Waals surface area (Å²) in [5.41, 5.74) is 2.11. The van der Waals surface area contributed by atoms with Gasteiger partial charge in [0.2, 0.25) is 0 Å². The van der Waals surface area contributed by atoms with Crippen LogP contribution in [-0.2, 0) is 0 Å². The molecule has 15 heavy (non-hydrogen) atoms. The highest BCUT2D eigenvalue weighted by molar-refractivity contribution is 6.31. The van der Waals surface area contributed by atoms with Crippen LogP contribution >= 0.6 is 11.6 Å². The third kappa shape index (κ3) is 3.49. The maximum atomic E-state index is 9.26. The molecule has 84 valence electrons. The molecule has 3 heteroatoms. The van der Waals surface area contributed by atoms with Gasteiger partial charge in [0.1, 0.15) is 0 Å². The van der Waals surface area contributed by atoms with E-state index in [4.69, 9.17) is 11.6 Å². The van der Waals surface area contributed by atoms with Crippen LogP contribution in [0.15, 0.2) is 18.2 Å². The summed E-state index contributed by atoms with van der Waals surface area (Å²) in [6.45, 7) is 5.07. The van der Waals surface area contributed by atoms with Gasteiger partial charge in [-0.1, -0.05) is 30.7 Å². The van der Waals surface area contributed by atoms with Gasteiger partial charge in [0, 0.05) is 5.02 Å². The van der Waals surface area contributed by atoms with Crippen molar-refractivity contribution in [3.05, 3.63) is 34.3 Å². The summed E-state index contributed by atoms with van der Waals surface area (Å²) in [7, 11) is 0. The monoisotopic (exact) mass is 227 g/mol. The van der Waals surface area contributed by atoms with E-state index in [1.54, 1.807) is 0 Å². The van der Waals surface area contributed by atoms with Gasteiger partial charge in [-0.05, 0) is 37.1 Å². The minimum atomic E-state index is -0.0111. The molecular formula is C12H18ClNO. The summed E-state index contributed by atoms with van der Waals surface area (Å²) in [6, 6.07) is 5.89. The molecule has 0 amide bonds. The number of nitrogens with one attached hydrogen (secondary N) is 1. The SMILES string of the molecule is CCCNC(CO)c1ccc(C)c(Cl)c1. The van der Waals surface area contributed by atoms with Crippen molar-refractivity contribution >= 4 is 11.6 Å². The Balaban J connectivity index is 2.78. The van der Waals surface area contributed by atoms with Gasteiger partial charge in [0.25, 0.3) is 0 Å². The molecule has 0 saturated heterocycles. The molecule has 1 rings (SSSR count). The van der Waals surface area contributed by atoms with Gasteiger partial charge in [-0.3, -0.25) is 0 Å². The number of benzene rings is 1. The predicted octanol–water partition coefficient (Wildman–Crippen LogP) is 2.68. The summed E-state index contributed by atoms with van der Waals surface area (Å²) >= 11 is 6.04. The molecule has 0 aromatic heterocycles. The lowest BCUT2D eigenvalue weighted by atomic mass is 10.1. The molecule has 0 aliphatic carbocycles. The van der Waals surface area contributed by atoms with Gasteiger partial charge in [-0.2, -0.15) is 0 Å². The standard InChI is InChI=1S/C12H18ClNO/c1-3-6-14-12(8-15)10-5-4-9(2)11(13)7-10/h4-5,7,12,14-15H,3,6,8H2,1-2H3. The second kappa shape index (κ2) is 6.11. The van der Waals surface area contributed by atoms with Gasteiger partial charge in [0.15, 0.2) is 0 Å². The number of aliphatic hydroxyl groups is 1. The molecule has 0 aliphatic rings. The van der Waals surface area contributed by atoms with Crippen LogP contribution in [0.5, 0.6) is 0 Å². The van der Waals surface area contributed by atoms with Crippen molar-refractivity contribution in [2.45, 2.75) is 26.3 Å². The van der Waals surface area contributed by atoms with Crippen LogP contribution in [0.1, 0.15) is 30.5 Å². The zero-order chi connectivity index (χ0) is 11.3. The average molecular weight is 228 g/mol. The predicted molar refractivity (Wildman–Crippen MR) is 64.3 cm³/mol. The quantitative estimate of drug-likeness (QED) is 0.811. The molecule has 1 aromatic carbocycles. The van der Waals surface area contributed by atoms with Gasteiger partial charge in [0.05, 0.1) is 12.6 Å². The number of aryl methyl sites for hydroxylation is 1. The van der Waals surface area contributed by atoms with Crippen molar-refractivity contribution in [2.24, 2.45) is 0 Å². The first-order valence-electron chi connectivity index (χ1n) is 5.29. The van der Waals surface area contributed by atoms with E-state index in [1.807, 2.05) is 25.1 Å². The summed E-state index contributed by atoms with van der Waals surface area (Å²) in [5.74, 6) is 0. The molecule has 1 unspecified atom stereocenters. The minimum Gasteiger partial charge on any atom is -0.394 e. The molecule has 2 nitrogen and oxygen atoms in total. The number of hydrogen-bond donors (Lipinski definition) is 2. The van der Waals surface area contributed by atoms with Crippen molar-refractivity contribution in [1.82, 2.24) is 5.32 Å².